The molecule has 86 valence electrons. The number of benzene rings is 1. The number of rotatable bonds is 2. The van der Waals surface area contributed by atoms with Crippen LogP contribution in [0.4, 0.5) is 5.69 Å². The van der Waals surface area contributed by atoms with E-state index in [0.717, 1.165) is 16.1 Å². The summed E-state index contributed by atoms with van der Waals surface area (Å²) >= 11 is 0. The fourth-order valence-corrected chi connectivity index (χ4v) is 2.42. The first-order chi connectivity index (χ1) is 7.47. The van der Waals surface area contributed by atoms with E-state index in [2.05, 4.69) is 0 Å². The van der Waals surface area contributed by atoms with E-state index in [4.69, 9.17) is 10.8 Å². The second-order valence-electron chi connectivity index (χ2n) is 3.41. The van der Waals surface area contributed by atoms with Gasteiger partial charge in [-0.1, -0.05) is 12.1 Å². The normalized spacial score (nSPS) is 18.0. The van der Waals surface area contributed by atoms with Gasteiger partial charge in [0.1, 0.15) is 0 Å². The molecule has 0 saturated carbocycles. The molecule has 0 fully saturated rings. The fourth-order valence-electron chi connectivity index (χ4n) is 1.42. The summed E-state index contributed by atoms with van der Waals surface area (Å²) in [5, 5.41) is 9.07. The molecule has 0 spiro atoms. The Morgan fingerprint density at radius 1 is 1.44 bits per heavy atom. The Kier molecular flexibility index (Phi) is 2.39. The van der Waals surface area contributed by atoms with Crippen LogP contribution in [0.15, 0.2) is 36.3 Å². The van der Waals surface area contributed by atoms with Crippen molar-refractivity contribution in [1.29, 1.82) is 0 Å². The van der Waals surface area contributed by atoms with Gasteiger partial charge in [-0.25, -0.2) is 4.72 Å². The number of hydrogen-bond donors (Lipinski definition) is 3. The lowest BCUT2D eigenvalue weighted by molar-refractivity contribution is 0.390. The summed E-state index contributed by atoms with van der Waals surface area (Å²) in [5.74, 6) is -0.385. The first-order valence-corrected chi connectivity index (χ1v) is 5.96. The van der Waals surface area contributed by atoms with E-state index in [1.54, 1.807) is 24.3 Å². The van der Waals surface area contributed by atoms with Crippen molar-refractivity contribution in [2.75, 3.05) is 5.73 Å². The molecular weight excluding hydrogens is 230 g/mol. The van der Waals surface area contributed by atoms with Crippen molar-refractivity contribution in [3.05, 3.63) is 41.9 Å². The van der Waals surface area contributed by atoms with Crippen molar-refractivity contribution in [1.82, 2.24) is 9.03 Å². The highest BCUT2D eigenvalue weighted by Crippen LogP contribution is 2.16. The largest absolute Gasteiger partial charge is 0.493 e. The Morgan fingerprint density at radius 2 is 2.19 bits per heavy atom. The smallest absolute Gasteiger partial charge is 0.326 e. The van der Waals surface area contributed by atoms with Gasteiger partial charge in [0.15, 0.2) is 0 Å². The van der Waals surface area contributed by atoms with Crippen LogP contribution in [0.3, 0.4) is 0 Å². The molecule has 0 amide bonds. The molecule has 1 aromatic carbocycles. The molecule has 1 aromatic rings. The van der Waals surface area contributed by atoms with Crippen LogP contribution in [0.2, 0.25) is 0 Å². The van der Waals surface area contributed by atoms with E-state index in [0.29, 0.717) is 5.69 Å². The van der Waals surface area contributed by atoms with Gasteiger partial charge >= 0.3 is 10.2 Å². The van der Waals surface area contributed by atoms with Crippen molar-refractivity contribution in [3.8, 4) is 0 Å². The van der Waals surface area contributed by atoms with Crippen LogP contribution in [0.5, 0.6) is 0 Å². The molecule has 1 heterocycles. The van der Waals surface area contributed by atoms with Gasteiger partial charge < -0.3 is 10.8 Å². The van der Waals surface area contributed by atoms with E-state index in [9.17, 15) is 8.42 Å². The van der Waals surface area contributed by atoms with Crippen molar-refractivity contribution in [3.63, 3.8) is 0 Å². The summed E-state index contributed by atoms with van der Waals surface area (Å²) in [6, 6.07) is 6.89. The predicted molar refractivity (Wildman–Crippen MR) is 59.2 cm³/mol. The van der Waals surface area contributed by atoms with Crippen molar-refractivity contribution in [2.24, 2.45) is 0 Å². The minimum Gasteiger partial charge on any atom is -0.493 e. The van der Waals surface area contributed by atoms with E-state index in [-0.39, 0.29) is 12.4 Å². The van der Waals surface area contributed by atoms with Gasteiger partial charge in [-0.05, 0) is 17.7 Å². The van der Waals surface area contributed by atoms with Crippen molar-refractivity contribution in [2.45, 2.75) is 6.54 Å². The van der Waals surface area contributed by atoms with Crippen LogP contribution in [-0.2, 0) is 16.8 Å². The highest BCUT2D eigenvalue weighted by molar-refractivity contribution is 7.87. The van der Waals surface area contributed by atoms with E-state index >= 15 is 0 Å². The maximum Gasteiger partial charge on any atom is 0.326 e. The first-order valence-electron chi connectivity index (χ1n) is 4.52. The van der Waals surface area contributed by atoms with Crippen molar-refractivity contribution < 1.29 is 13.5 Å². The Bertz CT molecular complexity index is 539. The average molecular weight is 241 g/mol. The third-order valence-electron chi connectivity index (χ3n) is 2.10. The maximum atomic E-state index is 11.4. The molecule has 0 atom stereocenters. The molecule has 4 N–H and O–H groups in total. The highest BCUT2D eigenvalue weighted by Gasteiger charge is 2.26. The number of nitrogens with zero attached hydrogens (tertiary/aromatic N) is 1. The minimum absolute atomic E-state index is 0.129. The van der Waals surface area contributed by atoms with Gasteiger partial charge in [-0.2, -0.15) is 8.42 Å². The zero-order valence-electron chi connectivity index (χ0n) is 8.29. The third kappa shape index (κ3) is 2.03. The highest BCUT2D eigenvalue weighted by atomic mass is 32.2. The quantitative estimate of drug-likeness (QED) is 0.648. The molecule has 0 saturated heterocycles. The van der Waals surface area contributed by atoms with Gasteiger partial charge in [0.2, 0.25) is 5.88 Å². The fraction of sp³-hybridized carbons (Fsp3) is 0.111. The molecule has 1 aliphatic heterocycles. The number of nitrogen functional groups attached to an aromatic ring is 1. The monoisotopic (exact) mass is 241 g/mol. The molecule has 1 aliphatic rings. The molecule has 6 nitrogen and oxygen atoms in total. The SMILES string of the molecule is Nc1cccc(CN2C=C(O)NS2(=O)=O)c1. The molecular formula is C9H11N3O3S. The molecule has 0 aromatic heterocycles. The zero-order valence-corrected chi connectivity index (χ0v) is 9.11. The van der Waals surface area contributed by atoms with Gasteiger partial charge in [-0.15, -0.1) is 0 Å². The number of nitrogens with one attached hydrogen (secondary N) is 1. The van der Waals surface area contributed by atoms with Gasteiger partial charge in [0.25, 0.3) is 0 Å². The topological polar surface area (TPSA) is 95.7 Å². The molecule has 0 aliphatic carbocycles. The van der Waals surface area contributed by atoms with Crippen LogP contribution in [-0.4, -0.2) is 17.8 Å². The third-order valence-corrected chi connectivity index (χ3v) is 3.42. The molecule has 0 unspecified atom stereocenters. The number of anilines is 1. The molecule has 16 heavy (non-hydrogen) atoms. The van der Waals surface area contributed by atoms with Crippen LogP contribution >= 0.6 is 0 Å². The van der Waals surface area contributed by atoms with E-state index in [1.165, 1.54) is 0 Å². The standard InChI is InChI=1S/C9H11N3O3S/c10-8-3-1-2-7(4-8)5-12-6-9(13)11-16(12,14)15/h1-4,6,11,13H,5,10H2. The van der Waals surface area contributed by atoms with E-state index < -0.39 is 10.2 Å². The molecule has 0 radical (unpaired) electrons. The number of nitrogens with two attached hydrogens (primary N) is 1. The average Bonchev–Trinajstić information content (AvgIpc) is 2.39. The molecule has 0 bridgehead atoms. The lowest BCUT2D eigenvalue weighted by atomic mass is 10.2. The zero-order chi connectivity index (χ0) is 11.8. The van der Waals surface area contributed by atoms with Crippen LogP contribution < -0.4 is 10.5 Å². The number of hydrogen-bond acceptors (Lipinski definition) is 4. The van der Waals surface area contributed by atoms with Gasteiger partial charge in [-0.3, -0.25) is 4.31 Å². The molecule has 2 rings (SSSR count). The molecule has 7 heteroatoms. The Hall–Kier alpha value is -1.89. The lowest BCUT2D eigenvalue weighted by Gasteiger charge is -2.13. The van der Waals surface area contributed by atoms with Crippen LogP contribution in [0, 0.1) is 0 Å². The summed E-state index contributed by atoms with van der Waals surface area (Å²) < 4.78 is 25.8. The summed E-state index contributed by atoms with van der Waals surface area (Å²) in [6.07, 6.45) is 1.12. The second-order valence-corrected chi connectivity index (χ2v) is 5.03. The van der Waals surface area contributed by atoms with Crippen molar-refractivity contribution >= 4 is 15.9 Å². The van der Waals surface area contributed by atoms with Crippen LogP contribution in [0.25, 0.3) is 0 Å². The summed E-state index contributed by atoms with van der Waals surface area (Å²) in [5.41, 5.74) is 6.89. The minimum atomic E-state index is -3.65. The lowest BCUT2D eigenvalue weighted by Crippen LogP contribution is -2.29. The maximum absolute atomic E-state index is 11.4. The van der Waals surface area contributed by atoms with E-state index in [1.807, 2.05) is 4.72 Å². The second kappa shape index (κ2) is 3.60. The van der Waals surface area contributed by atoms with Crippen LogP contribution in [0.1, 0.15) is 5.56 Å². The summed E-state index contributed by atoms with van der Waals surface area (Å²) in [7, 11) is -3.65. The number of aliphatic hydroxyl groups is 1. The Balaban J connectivity index is 2.23. The predicted octanol–water partition coefficient (Wildman–Crippen LogP) is 0.276. The Labute approximate surface area is 93.2 Å². The Morgan fingerprint density at radius 3 is 2.75 bits per heavy atom. The van der Waals surface area contributed by atoms with Gasteiger partial charge in [0.05, 0.1) is 12.7 Å². The summed E-state index contributed by atoms with van der Waals surface area (Å²) in [6.45, 7) is 0.129. The van der Waals surface area contributed by atoms with Gasteiger partial charge in [0, 0.05) is 5.69 Å². The summed E-state index contributed by atoms with van der Waals surface area (Å²) in [4.78, 5) is 0. The number of aliphatic hydroxyl groups excluding tert-OH is 1. The first kappa shape index (κ1) is 10.6.